The number of imidazole rings is 1. The molecule has 2 nitrogen and oxygen atoms in total. The van der Waals surface area contributed by atoms with Crippen LogP contribution in [0.15, 0.2) is 42.9 Å². The van der Waals surface area contributed by atoms with E-state index in [4.69, 9.17) is 0 Å². The van der Waals surface area contributed by atoms with Gasteiger partial charge in [-0.15, -0.1) is 0 Å². The van der Waals surface area contributed by atoms with E-state index in [-0.39, 0.29) is 0 Å². The number of benzene rings is 1. The van der Waals surface area contributed by atoms with Gasteiger partial charge in [-0.1, -0.05) is 23.5 Å². The van der Waals surface area contributed by atoms with Crippen molar-refractivity contribution < 1.29 is 0 Å². The second-order valence-electron chi connectivity index (χ2n) is 3.22. The zero-order valence-electron chi connectivity index (χ0n) is 7.72. The molecule has 0 fully saturated rings. The fourth-order valence-electron chi connectivity index (χ4n) is 1.48. The number of thiazole rings is 1. The monoisotopic (exact) mass is 326 g/mol. The molecule has 0 N–H and O–H groups in total. The summed E-state index contributed by atoms with van der Waals surface area (Å²) in [6.07, 6.45) is 5.92. The van der Waals surface area contributed by atoms with Gasteiger partial charge in [-0.25, -0.2) is 4.98 Å². The molecule has 0 aliphatic rings. The first-order chi connectivity index (χ1) is 7.33. The van der Waals surface area contributed by atoms with Gasteiger partial charge in [0.15, 0.2) is 4.96 Å². The first kappa shape index (κ1) is 9.35. The molecule has 0 bridgehead atoms. The SMILES string of the molecule is Ic1ccc(-c2cn3ccnc3s2)cc1. The predicted octanol–water partition coefficient (Wildman–Crippen LogP) is 3.67. The molecule has 0 unspecified atom stereocenters. The van der Waals surface area contributed by atoms with Crippen molar-refractivity contribution in [2.45, 2.75) is 0 Å². The van der Waals surface area contributed by atoms with Crippen molar-refractivity contribution in [2.24, 2.45) is 0 Å². The third-order valence-electron chi connectivity index (χ3n) is 2.22. The molecule has 3 rings (SSSR count). The van der Waals surface area contributed by atoms with Crippen LogP contribution in [0.3, 0.4) is 0 Å². The van der Waals surface area contributed by atoms with E-state index in [0.717, 1.165) is 4.96 Å². The van der Waals surface area contributed by atoms with Crippen molar-refractivity contribution in [3.63, 3.8) is 0 Å². The largest absolute Gasteiger partial charge is 0.297 e. The normalized spacial score (nSPS) is 11.0. The van der Waals surface area contributed by atoms with Crippen molar-refractivity contribution in [1.29, 1.82) is 0 Å². The van der Waals surface area contributed by atoms with Crippen LogP contribution < -0.4 is 0 Å². The van der Waals surface area contributed by atoms with Crippen molar-refractivity contribution in [2.75, 3.05) is 0 Å². The van der Waals surface area contributed by atoms with Gasteiger partial charge in [0.05, 0.1) is 4.88 Å². The van der Waals surface area contributed by atoms with Gasteiger partial charge in [0.25, 0.3) is 0 Å². The van der Waals surface area contributed by atoms with E-state index in [1.807, 2.05) is 12.4 Å². The first-order valence-electron chi connectivity index (χ1n) is 4.51. The molecule has 0 radical (unpaired) electrons. The first-order valence-corrected chi connectivity index (χ1v) is 6.41. The number of fused-ring (bicyclic) bond motifs is 1. The Labute approximate surface area is 105 Å². The molecule has 0 aliphatic heterocycles. The van der Waals surface area contributed by atoms with Crippen LogP contribution >= 0.6 is 33.9 Å². The Morgan fingerprint density at radius 3 is 2.73 bits per heavy atom. The predicted molar refractivity (Wildman–Crippen MR) is 71.2 cm³/mol. The molecular weight excluding hydrogens is 319 g/mol. The highest BCUT2D eigenvalue weighted by Crippen LogP contribution is 2.28. The minimum absolute atomic E-state index is 1.04. The molecule has 2 aromatic heterocycles. The Balaban J connectivity index is 2.13. The summed E-state index contributed by atoms with van der Waals surface area (Å²) in [5, 5.41) is 0. The molecule has 0 aliphatic carbocycles. The van der Waals surface area contributed by atoms with Gasteiger partial charge in [-0.2, -0.15) is 0 Å². The van der Waals surface area contributed by atoms with Crippen LogP contribution in [-0.2, 0) is 0 Å². The molecule has 4 heteroatoms. The molecule has 0 atom stereocenters. The number of hydrogen-bond donors (Lipinski definition) is 0. The topological polar surface area (TPSA) is 17.3 Å². The van der Waals surface area contributed by atoms with Crippen LogP contribution in [0.4, 0.5) is 0 Å². The lowest BCUT2D eigenvalue weighted by atomic mass is 10.2. The fraction of sp³-hybridized carbons (Fsp3) is 0. The summed E-state index contributed by atoms with van der Waals surface area (Å²) in [7, 11) is 0. The third-order valence-corrected chi connectivity index (χ3v) is 4.00. The van der Waals surface area contributed by atoms with Crippen LogP contribution in [0, 0.1) is 3.57 Å². The molecule has 3 aromatic rings. The standard InChI is InChI=1S/C11H7IN2S/c12-9-3-1-8(2-4-9)10-7-14-6-5-13-11(14)15-10/h1-7H. The zero-order chi connectivity index (χ0) is 10.3. The Bertz CT molecular complexity index is 566. The second kappa shape index (κ2) is 3.61. The summed E-state index contributed by atoms with van der Waals surface area (Å²) >= 11 is 4.03. The fourth-order valence-corrected chi connectivity index (χ4v) is 2.78. The number of rotatable bonds is 1. The molecule has 74 valence electrons. The molecular formula is C11H7IN2S. The lowest BCUT2D eigenvalue weighted by molar-refractivity contribution is 1.23. The summed E-state index contributed by atoms with van der Waals surface area (Å²) < 4.78 is 3.32. The smallest absolute Gasteiger partial charge is 0.194 e. The van der Waals surface area contributed by atoms with Crippen molar-refractivity contribution in [3.8, 4) is 10.4 Å². The Hall–Kier alpha value is -0.880. The van der Waals surface area contributed by atoms with Crippen LogP contribution in [0.25, 0.3) is 15.4 Å². The number of halogens is 1. The third kappa shape index (κ3) is 1.68. The van der Waals surface area contributed by atoms with Gasteiger partial charge in [0.1, 0.15) is 0 Å². The average molecular weight is 326 g/mol. The van der Waals surface area contributed by atoms with E-state index in [0.29, 0.717) is 0 Å². The average Bonchev–Trinajstić information content (AvgIpc) is 2.78. The Morgan fingerprint density at radius 2 is 2.00 bits per heavy atom. The van der Waals surface area contributed by atoms with Crippen LogP contribution in [0.1, 0.15) is 0 Å². The van der Waals surface area contributed by atoms with E-state index < -0.39 is 0 Å². The molecule has 0 saturated carbocycles. The molecule has 15 heavy (non-hydrogen) atoms. The van der Waals surface area contributed by atoms with Gasteiger partial charge in [0.2, 0.25) is 0 Å². The maximum Gasteiger partial charge on any atom is 0.194 e. The van der Waals surface area contributed by atoms with E-state index in [9.17, 15) is 0 Å². The summed E-state index contributed by atoms with van der Waals surface area (Å²) in [4.78, 5) is 6.57. The van der Waals surface area contributed by atoms with E-state index in [1.165, 1.54) is 14.0 Å². The maximum absolute atomic E-state index is 4.26. The minimum atomic E-state index is 1.04. The van der Waals surface area contributed by atoms with Gasteiger partial charge >= 0.3 is 0 Å². The van der Waals surface area contributed by atoms with Gasteiger partial charge < -0.3 is 0 Å². The second-order valence-corrected chi connectivity index (χ2v) is 5.47. The number of aromatic nitrogens is 2. The van der Waals surface area contributed by atoms with Gasteiger partial charge in [-0.05, 0) is 40.3 Å². The maximum atomic E-state index is 4.26. The van der Waals surface area contributed by atoms with Crippen molar-refractivity contribution in [3.05, 3.63) is 46.4 Å². The van der Waals surface area contributed by atoms with Crippen LogP contribution in [0.5, 0.6) is 0 Å². The lowest BCUT2D eigenvalue weighted by Crippen LogP contribution is -1.74. The van der Waals surface area contributed by atoms with E-state index >= 15 is 0 Å². The van der Waals surface area contributed by atoms with Crippen molar-refractivity contribution in [1.82, 2.24) is 9.38 Å². The Morgan fingerprint density at radius 1 is 1.20 bits per heavy atom. The van der Waals surface area contributed by atoms with Gasteiger partial charge in [0, 0.05) is 22.2 Å². The molecule has 1 aromatic carbocycles. The molecule has 0 amide bonds. The number of nitrogens with zero attached hydrogens (tertiary/aromatic N) is 2. The van der Waals surface area contributed by atoms with Gasteiger partial charge in [-0.3, -0.25) is 4.40 Å². The van der Waals surface area contributed by atoms with Crippen molar-refractivity contribution >= 4 is 38.9 Å². The minimum Gasteiger partial charge on any atom is -0.297 e. The lowest BCUT2D eigenvalue weighted by Gasteiger charge is -1.95. The Kier molecular flexibility index (Phi) is 2.25. The summed E-state index contributed by atoms with van der Waals surface area (Å²) in [6, 6.07) is 8.54. The highest BCUT2D eigenvalue weighted by atomic mass is 127. The molecule has 0 spiro atoms. The summed E-state index contributed by atoms with van der Waals surface area (Å²) in [5.74, 6) is 0. The number of hydrogen-bond acceptors (Lipinski definition) is 2. The highest BCUT2D eigenvalue weighted by molar-refractivity contribution is 14.1. The van der Waals surface area contributed by atoms with E-state index in [1.54, 1.807) is 11.3 Å². The van der Waals surface area contributed by atoms with Crippen LogP contribution in [0.2, 0.25) is 0 Å². The zero-order valence-corrected chi connectivity index (χ0v) is 10.7. The van der Waals surface area contributed by atoms with Crippen LogP contribution in [-0.4, -0.2) is 9.38 Å². The molecule has 2 heterocycles. The van der Waals surface area contributed by atoms with E-state index in [2.05, 4.69) is 62.4 Å². The summed E-state index contributed by atoms with van der Waals surface area (Å²) in [6.45, 7) is 0. The summed E-state index contributed by atoms with van der Waals surface area (Å²) in [5.41, 5.74) is 1.26. The quantitative estimate of drug-likeness (QED) is 0.624. The molecule has 0 saturated heterocycles. The highest BCUT2D eigenvalue weighted by Gasteiger charge is 2.03.